The third kappa shape index (κ3) is 7.95. The number of aromatic amines is 1. The van der Waals surface area contributed by atoms with E-state index in [4.69, 9.17) is 14.5 Å². The number of piperidine rings is 2. The Morgan fingerprint density at radius 3 is 2.43 bits per heavy atom. The summed E-state index contributed by atoms with van der Waals surface area (Å²) in [5.74, 6) is 0.817. The second-order valence-electron chi connectivity index (χ2n) is 19.1. The van der Waals surface area contributed by atoms with Crippen LogP contribution in [0, 0.1) is 11.7 Å². The molecule has 2 aromatic heterocycles. The first-order valence-electron chi connectivity index (χ1n) is 22.3. The number of amides is 3. The standard InChI is InChI=1S/C46H56FN9O5/c1-45(2)26-53(20-21-56(45)39-23-36(48-27-49-39)42-33-22-31(61-46(3)16-17-46)8-10-35(33)51-52-42)24-28-4-6-29(7-5-28)60-30-14-18-54(19-15-30)37-11-9-32-34(41(37)47)25-55(44(32)59)38-12-13-40(57)50-43(38)58/h8-11,22-23,27-30,38H,4-7,12-21,24-26H2,1-3H3,(H,51,52)(H,50,57,58)/t28-,29-,38?. The number of carbonyl (C=O) groups is 3. The van der Waals surface area contributed by atoms with Crippen LogP contribution in [0.25, 0.3) is 22.3 Å². The second-order valence-corrected chi connectivity index (χ2v) is 19.1. The van der Waals surface area contributed by atoms with Crippen LogP contribution in [-0.4, -0.2) is 116 Å². The fraction of sp³-hybridized carbons (Fsp3) is 0.565. The average molecular weight is 834 g/mol. The van der Waals surface area contributed by atoms with Crippen molar-refractivity contribution in [1.29, 1.82) is 0 Å². The Morgan fingerprint density at radius 1 is 0.885 bits per heavy atom. The zero-order valence-corrected chi connectivity index (χ0v) is 35.4. The first-order chi connectivity index (χ1) is 29.4. The molecule has 2 aliphatic carbocycles. The van der Waals surface area contributed by atoms with Crippen LogP contribution in [0.2, 0.25) is 0 Å². The number of carbonyl (C=O) groups excluding carboxylic acids is 3. The minimum absolute atomic E-state index is 0.0304. The van der Waals surface area contributed by atoms with E-state index < -0.39 is 17.8 Å². The molecule has 1 atom stereocenters. The molecule has 0 spiro atoms. The zero-order valence-electron chi connectivity index (χ0n) is 35.4. The number of halogens is 1. The highest BCUT2D eigenvalue weighted by Gasteiger charge is 2.42. The fourth-order valence-corrected chi connectivity index (χ4v) is 10.4. The van der Waals surface area contributed by atoms with Gasteiger partial charge in [-0.2, -0.15) is 5.10 Å². The summed E-state index contributed by atoms with van der Waals surface area (Å²) in [5.41, 5.74) is 3.49. The summed E-state index contributed by atoms with van der Waals surface area (Å²) >= 11 is 0. The summed E-state index contributed by atoms with van der Waals surface area (Å²) in [6.07, 6.45) is 10.7. The smallest absolute Gasteiger partial charge is 0.255 e. The Hall–Kier alpha value is -5.15. The van der Waals surface area contributed by atoms with Crippen molar-refractivity contribution in [2.24, 2.45) is 5.92 Å². The fourth-order valence-electron chi connectivity index (χ4n) is 10.4. The van der Waals surface area contributed by atoms with Gasteiger partial charge in [-0.05, 0) is 115 Å². The largest absolute Gasteiger partial charge is 0.488 e. The van der Waals surface area contributed by atoms with Crippen LogP contribution in [0.5, 0.6) is 5.75 Å². The number of rotatable bonds is 10. The van der Waals surface area contributed by atoms with Crippen LogP contribution in [0.15, 0.2) is 42.7 Å². The molecule has 10 rings (SSSR count). The van der Waals surface area contributed by atoms with Crippen molar-refractivity contribution in [3.05, 3.63) is 59.7 Å². The maximum atomic E-state index is 16.0. The Kier molecular flexibility index (Phi) is 10.2. The predicted molar refractivity (Wildman–Crippen MR) is 228 cm³/mol. The van der Waals surface area contributed by atoms with E-state index in [9.17, 15) is 14.4 Å². The van der Waals surface area contributed by atoms with E-state index in [0.717, 1.165) is 111 Å². The van der Waals surface area contributed by atoms with Crippen LogP contribution in [0.3, 0.4) is 0 Å². The summed E-state index contributed by atoms with van der Waals surface area (Å²) in [5, 5.41) is 11.1. The number of benzene rings is 2. The van der Waals surface area contributed by atoms with Gasteiger partial charge in [0.1, 0.15) is 35.2 Å². The molecule has 1 unspecified atom stereocenters. The van der Waals surface area contributed by atoms with Crippen molar-refractivity contribution >= 4 is 40.1 Å². The summed E-state index contributed by atoms with van der Waals surface area (Å²) in [6.45, 7) is 12.0. The molecule has 15 heteroatoms. The van der Waals surface area contributed by atoms with E-state index in [1.807, 2.05) is 12.1 Å². The molecule has 14 nitrogen and oxygen atoms in total. The number of H-pyrrole nitrogens is 1. The SMILES string of the molecule is CC1(Oc2ccc3[nH]nc(-c4cc(N5CCN(C[C@H]6CC[C@H](OC7CCN(c8ccc9c(c8F)CN(C8CCC(=O)NC8=O)C9=O)CC7)CC6)CC5(C)C)ncn4)c3c2)CC1. The number of ether oxygens (including phenoxy) is 2. The Labute approximate surface area is 355 Å². The summed E-state index contributed by atoms with van der Waals surface area (Å²) < 4.78 is 28.9. The molecular weight excluding hydrogens is 778 g/mol. The quantitative estimate of drug-likeness (QED) is 0.182. The van der Waals surface area contributed by atoms with Gasteiger partial charge in [0.2, 0.25) is 11.8 Å². The topological polar surface area (TPSA) is 149 Å². The third-order valence-electron chi connectivity index (χ3n) is 14.1. The number of nitrogens with one attached hydrogen (secondary N) is 2. The molecule has 6 heterocycles. The first-order valence-corrected chi connectivity index (χ1v) is 22.3. The lowest BCUT2D eigenvalue weighted by molar-refractivity contribution is -0.136. The van der Waals surface area contributed by atoms with Crippen LogP contribution in [0.4, 0.5) is 15.9 Å². The summed E-state index contributed by atoms with van der Waals surface area (Å²) in [7, 11) is 0. The molecule has 2 saturated carbocycles. The first kappa shape index (κ1) is 40.0. The van der Waals surface area contributed by atoms with Crippen LogP contribution >= 0.6 is 0 Å². The normalized spacial score (nSPS) is 25.5. The molecule has 61 heavy (non-hydrogen) atoms. The van der Waals surface area contributed by atoms with E-state index in [0.29, 0.717) is 35.8 Å². The molecule has 0 radical (unpaired) electrons. The highest BCUT2D eigenvalue weighted by atomic mass is 19.1. The van der Waals surface area contributed by atoms with Crippen LogP contribution in [0.1, 0.15) is 101 Å². The molecule has 5 fully saturated rings. The van der Waals surface area contributed by atoms with Gasteiger partial charge in [-0.25, -0.2) is 14.4 Å². The molecule has 6 aliphatic rings. The van der Waals surface area contributed by atoms with E-state index in [2.05, 4.69) is 68.1 Å². The number of hydrogen-bond donors (Lipinski definition) is 2. The lowest BCUT2D eigenvalue weighted by atomic mass is 9.86. The number of hydrogen-bond acceptors (Lipinski definition) is 11. The number of aromatic nitrogens is 4. The molecule has 4 aliphatic heterocycles. The average Bonchev–Trinajstić information content (AvgIpc) is 3.65. The van der Waals surface area contributed by atoms with Crippen LogP contribution < -0.4 is 19.9 Å². The minimum atomic E-state index is -0.765. The van der Waals surface area contributed by atoms with Crippen molar-refractivity contribution < 1.29 is 28.2 Å². The van der Waals surface area contributed by atoms with Crippen molar-refractivity contribution in [3.63, 3.8) is 0 Å². The second kappa shape index (κ2) is 15.6. The highest BCUT2D eigenvalue weighted by Crippen LogP contribution is 2.41. The number of imide groups is 1. The number of piperazine rings is 1. The molecule has 322 valence electrons. The summed E-state index contributed by atoms with van der Waals surface area (Å²) in [6, 6.07) is 10.8. The molecule has 2 aromatic carbocycles. The van der Waals surface area contributed by atoms with Crippen molar-refractivity contribution in [3.8, 4) is 17.1 Å². The lowest BCUT2D eigenvalue weighted by Crippen LogP contribution is -2.60. The molecule has 3 saturated heterocycles. The van der Waals surface area contributed by atoms with Crippen molar-refractivity contribution in [2.75, 3.05) is 49.1 Å². The lowest BCUT2D eigenvalue weighted by Gasteiger charge is -2.49. The van der Waals surface area contributed by atoms with Gasteiger partial charge in [0, 0.05) is 73.8 Å². The van der Waals surface area contributed by atoms with Gasteiger partial charge in [0.15, 0.2) is 5.82 Å². The molecule has 0 bridgehead atoms. The molecular formula is C46H56FN9O5. The highest BCUT2D eigenvalue weighted by molar-refractivity contribution is 6.05. The predicted octanol–water partition coefficient (Wildman–Crippen LogP) is 6.00. The van der Waals surface area contributed by atoms with E-state index in [1.165, 1.54) is 4.90 Å². The van der Waals surface area contributed by atoms with Gasteiger partial charge in [0.25, 0.3) is 5.91 Å². The molecule has 4 aromatic rings. The minimum Gasteiger partial charge on any atom is -0.488 e. The van der Waals surface area contributed by atoms with Gasteiger partial charge in [-0.15, -0.1) is 0 Å². The van der Waals surface area contributed by atoms with Gasteiger partial charge in [-0.3, -0.25) is 29.7 Å². The Balaban J connectivity index is 0.689. The zero-order chi connectivity index (χ0) is 42.0. The number of nitrogens with zero attached hydrogens (tertiary/aromatic N) is 7. The van der Waals surface area contributed by atoms with Gasteiger partial charge >= 0.3 is 0 Å². The maximum absolute atomic E-state index is 16.0. The van der Waals surface area contributed by atoms with Crippen molar-refractivity contribution in [2.45, 2.75) is 121 Å². The number of anilines is 2. The Bertz CT molecular complexity index is 2350. The van der Waals surface area contributed by atoms with Gasteiger partial charge in [-0.1, -0.05) is 0 Å². The number of fused-ring (bicyclic) bond motifs is 2. The van der Waals surface area contributed by atoms with Crippen molar-refractivity contribution in [1.82, 2.24) is 35.3 Å². The maximum Gasteiger partial charge on any atom is 0.255 e. The monoisotopic (exact) mass is 833 g/mol. The van der Waals surface area contributed by atoms with E-state index >= 15 is 4.39 Å². The third-order valence-corrected chi connectivity index (χ3v) is 14.1. The molecule has 3 amide bonds. The van der Waals surface area contributed by atoms with E-state index in [1.54, 1.807) is 18.5 Å². The van der Waals surface area contributed by atoms with Gasteiger partial charge in [0.05, 0.1) is 35.7 Å². The Morgan fingerprint density at radius 2 is 1.67 bits per heavy atom. The molecule has 2 N–H and O–H groups in total. The van der Waals surface area contributed by atoms with E-state index in [-0.39, 0.29) is 54.5 Å². The van der Waals surface area contributed by atoms with Crippen LogP contribution in [-0.2, 0) is 20.9 Å². The summed E-state index contributed by atoms with van der Waals surface area (Å²) in [4.78, 5) is 55.2. The van der Waals surface area contributed by atoms with Gasteiger partial charge < -0.3 is 24.2 Å².